The first kappa shape index (κ1) is 12.5. The van der Waals surface area contributed by atoms with Crippen molar-refractivity contribution in [2.24, 2.45) is 0 Å². The van der Waals surface area contributed by atoms with E-state index in [0.29, 0.717) is 6.54 Å². The Kier molecular flexibility index (Phi) is 3.51. The molecule has 0 bridgehead atoms. The summed E-state index contributed by atoms with van der Waals surface area (Å²) in [6.07, 6.45) is -5.79. The fourth-order valence-corrected chi connectivity index (χ4v) is 0.852. The van der Waals surface area contributed by atoms with E-state index in [0.717, 1.165) is 0 Å². The van der Waals surface area contributed by atoms with Crippen molar-refractivity contribution >= 4 is 11.7 Å². The number of ketones is 1. The predicted octanol–water partition coefficient (Wildman–Crippen LogP) is 1.20. The molecule has 0 aromatic carbocycles. The molecule has 0 unspecified atom stereocenters. The van der Waals surface area contributed by atoms with Gasteiger partial charge in [0, 0.05) is 13.6 Å². The Morgan fingerprint density at radius 1 is 1.50 bits per heavy atom. The van der Waals surface area contributed by atoms with Crippen LogP contribution >= 0.6 is 0 Å². The average Bonchev–Trinajstić information content (AvgIpc) is 2.63. The van der Waals surface area contributed by atoms with Crippen LogP contribution in [0.3, 0.4) is 0 Å². The van der Waals surface area contributed by atoms with Crippen molar-refractivity contribution in [3.63, 3.8) is 0 Å². The normalized spacial score (nSPS) is 11.6. The predicted molar refractivity (Wildman–Crippen MR) is 48.0 cm³/mol. The molecule has 0 spiro atoms. The third kappa shape index (κ3) is 2.94. The summed E-state index contributed by atoms with van der Waals surface area (Å²) in [6.45, 7) is 2.39. The van der Waals surface area contributed by atoms with E-state index in [4.69, 9.17) is 0 Å². The molecule has 16 heavy (non-hydrogen) atoms. The number of hydrogen-bond acceptors (Lipinski definition) is 5. The summed E-state index contributed by atoms with van der Waals surface area (Å²) in [7, 11) is 1.65. The second kappa shape index (κ2) is 4.50. The zero-order valence-electron chi connectivity index (χ0n) is 8.71. The number of anilines is 1. The van der Waals surface area contributed by atoms with Gasteiger partial charge in [0.05, 0.1) is 6.42 Å². The van der Waals surface area contributed by atoms with E-state index in [2.05, 4.69) is 14.7 Å². The second-order valence-corrected chi connectivity index (χ2v) is 3.10. The van der Waals surface area contributed by atoms with E-state index in [9.17, 15) is 18.0 Å². The van der Waals surface area contributed by atoms with Crippen LogP contribution in [0.4, 0.5) is 19.1 Å². The van der Waals surface area contributed by atoms with Crippen molar-refractivity contribution in [2.45, 2.75) is 19.5 Å². The zero-order valence-corrected chi connectivity index (χ0v) is 8.71. The molecule has 0 N–H and O–H groups in total. The highest BCUT2D eigenvalue weighted by Crippen LogP contribution is 2.18. The van der Waals surface area contributed by atoms with Gasteiger partial charge in [-0.15, -0.1) is 0 Å². The minimum Gasteiger partial charge on any atom is -0.342 e. The largest absolute Gasteiger partial charge is 0.450 e. The fraction of sp³-hybridized carbons (Fsp3) is 0.625. The van der Waals surface area contributed by atoms with Crippen molar-refractivity contribution in [1.29, 1.82) is 0 Å². The summed E-state index contributed by atoms with van der Waals surface area (Å²) >= 11 is 0. The van der Waals surface area contributed by atoms with E-state index in [1.165, 1.54) is 0 Å². The Bertz CT molecular complexity index is 375. The summed E-state index contributed by atoms with van der Waals surface area (Å²) in [5.74, 6) is -2.08. The molecule has 0 aliphatic heterocycles. The van der Waals surface area contributed by atoms with E-state index in [1.807, 2.05) is 6.92 Å². The van der Waals surface area contributed by atoms with Gasteiger partial charge in [0.25, 0.3) is 5.95 Å². The Morgan fingerprint density at radius 3 is 2.62 bits per heavy atom. The molecule has 0 amide bonds. The topological polar surface area (TPSA) is 59.2 Å². The van der Waals surface area contributed by atoms with Crippen LogP contribution in [0.25, 0.3) is 0 Å². The number of alkyl halides is 3. The Hall–Kier alpha value is -1.60. The first-order valence-corrected chi connectivity index (χ1v) is 4.48. The Morgan fingerprint density at radius 2 is 2.12 bits per heavy atom. The van der Waals surface area contributed by atoms with Gasteiger partial charge in [-0.3, -0.25) is 4.79 Å². The van der Waals surface area contributed by atoms with Crippen LogP contribution in [0.1, 0.15) is 12.8 Å². The third-order valence-corrected chi connectivity index (χ3v) is 1.90. The minimum atomic E-state index is -4.87. The van der Waals surface area contributed by atoms with E-state index in [1.54, 1.807) is 11.9 Å². The first-order valence-electron chi connectivity index (χ1n) is 4.48. The molecule has 0 fully saturated rings. The van der Waals surface area contributed by atoms with Gasteiger partial charge in [-0.25, -0.2) is 0 Å². The summed E-state index contributed by atoms with van der Waals surface area (Å²) in [6, 6.07) is 0. The molecular formula is C8H10F3N3O2. The maximum atomic E-state index is 11.9. The molecule has 5 nitrogen and oxygen atoms in total. The number of nitrogens with zero attached hydrogens (tertiary/aromatic N) is 3. The van der Waals surface area contributed by atoms with Crippen LogP contribution in [0.15, 0.2) is 4.52 Å². The summed E-state index contributed by atoms with van der Waals surface area (Å²) < 4.78 is 40.3. The number of aromatic nitrogens is 2. The molecule has 1 aromatic rings. The lowest BCUT2D eigenvalue weighted by Gasteiger charge is -2.08. The first-order chi connectivity index (χ1) is 7.34. The van der Waals surface area contributed by atoms with Gasteiger partial charge in [0.15, 0.2) is 0 Å². The maximum Gasteiger partial charge on any atom is 0.450 e. The minimum absolute atomic E-state index is 0.160. The highest BCUT2D eigenvalue weighted by molar-refractivity contribution is 5.85. The van der Waals surface area contributed by atoms with E-state index < -0.39 is 18.4 Å². The van der Waals surface area contributed by atoms with Gasteiger partial charge in [0.2, 0.25) is 11.7 Å². The molecular weight excluding hydrogens is 227 g/mol. The van der Waals surface area contributed by atoms with Gasteiger partial charge in [-0.05, 0) is 12.1 Å². The smallest absolute Gasteiger partial charge is 0.342 e. The molecule has 1 rings (SSSR count). The zero-order chi connectivity index (χ0) is 12.3. The molecule has 0 saturated carbocycles. The van der Waals surface area contributed by atoms with Crippen LogP contribution in [0.5, 0.6) is 0 Å². The van der Waals surface area contributed by atoms with Gasteiger partial charge >= 0.3 is 6.18 Å². The molecule has 0 aliphatic carbocycles. The second-order valence-electron chi connectivity index (χ2n) is 3.10. The lowest BCUT2D eigenvalue weighted by atomic mass is 10.3. The van der Waals surface area contributed by atoms with E-state index in [-0.39, 0.29) is 11.8 Å². The highest BCUT2D eigenvalue weighted by Gasteiger charge is 2.39. The maximum absolute atomic E-state index is 11.9. The molecule has 8 heteroatoms. The van der Waals surface area contributed by atoms with Gasteiger partial charge in [-0.1, -0.05) is 0 Å². The molecule has 1 heterocycles. The lowest BCUT2D eigenvalue weighted by molar-refractivity contribution is -0.170. The van der Waals surface area contributed by atoms with Crippen molar-refractivity contribution in [3.05, 3.63) is 5.89 Å². The quantitative estimate of drug-likeness (QED) is 0.787. The summed E-state index contributed by atoms with van der Waals surface area (Å²) in [5, 5.41) is 3.44. The molecule has 1 aromatic heterocycles. The average molecular weight is 237 g/mol. The standard InChI is InChI=1S/C8H10F3N3O2/c1-3-14(2)7-12-6(16-13-7)4-5(15)8(9,10)11/h3-4H2,1-2H3. The van der Waals surface area contributed by atoms with Crippen LogP contribution in [-0.2, 0) is 11.2 Å². The van der Waals surface area contributed by atoms with Gasteiger partial charge in [0.1, 0.15) is 0 Å². The van der Waals surface area contributed by atoms with Crippen LogP contribution in [-0.4, -0.2) is 35.7 Å². The van der Waals surface area contributed by atoms with Crippen molar-refractivity contribution in [3.8, 4) is 0 Å². The third-order valence-electron chi connectivity index (χ3n) is 1.90. The summed E-state index contributed by atoms with van der Waals surface area (Å²) in [4.78, 5) is 15.9. The number of carbonyl (C=O) groups is 1. The number of carbonyl (C=O) groups excluding carboxylic acids is 1. The monoisotopic (exact) mass is 237 g/mol. The molecule has 0 radical (unpaired) electrons. The Balaban J connectivity index is 2.69. The fourth-order valence-electron chi connectivity index (χ4n) is 0.852. The number of halogens is 3. The van der Waals surface area contributed by atoms with Crippen molar-refractivity contribution in [2.75, 3.05) is 18.5 Å². The summed E-state index contributed by atoms with van der Waals surface area (Å²) in [5.41, 5.74) is 0. The Labute approximate surface area is 89.2 Å². The van der Waals surface area contributed by atoms with Crippen LogP contribution in [0.2, 0.25) is 0 Å². The van der Waals surface area contributed by atoms with Crippen LogP contribution in [0, 0.1) is 0 Å². The molecule has 0 atom stereocenters. The van der Waals surface area contributed by atoms with Crippen molar-refractivity contribution in [1.82, 2.24) is 10.1 Å². The highest BCUT2D eigenvalue weighted by atomic mass is 19.4. The lowest BCUT2D eigenvalue weighted by Crippen LogP contribution is -2.24. The molecule has 90 valence electrons. The number of Topliss-reactive ketones (excluding diaryl/α,β-unsaturated/α-hetero) is 1. The van der Waals surface area contributed by atoms with E-state index >= 15 is 0 Å². The number of hydrogen-bond donors (Lipinski definition) is 0. The van der Waals surface area contributed by atoms with Gasteiger partial charge < -0.3 is 9.42 Å². The van der Waals surface area contributed by atoms with Crippen molar-refractivity contribution < 1.29 is 22.5 Å². The molecule has 0 aliphatic rings. The SMILES string of the molecule is CCN(C)c1noc(CC(=O)C(F)(F)F)n1. The number of rotatable bonds is 4. The molecule has 0 saturated heterocycles. The van der Waals surface area contributed by atoms with Crippen LogP contribution < -0.4 is 4.90 Å². The van der Waals surface area contributed by atoms with Gasteiger partial charge in [-0.2, -0.15) is 18.2 Å².